The fourth-order valence-electron chi connectivity index (χ4n) is 4.08. The molecule has 1 N–H and O–H groups in total. The number of aromatic amines is 1. The fourth-order valence-corrected chi connectivity index (χ4v) is 4.29. The average molecular weight is 457 g/mol. The van der Waals surface area contributed by atoms with Gasteiger partial charge >= 0.3 is 0 Å². The van der Waals surface area contributed by atoms with Crippen LogP contribution >= 0.6 is 11.6 Å². The van der Waals surface area contributed by atoms with E-state index in [1.165, 1.54) is 6.92 Å². The van der Waals surface area contributed by atoms with E-state index in [0.717, 1.165) is 11.2 Å². The molecule has 32 heavy (non-hydrogen) atoms. The monoisotopic (exact) mass is 456 g/mol. The lowest BCUT2D eigenvalue weighted by molar-refractivity contribution is 0.0648. The number of hydrogen-bond donors (Lipinski definition) is 1. The van der Waals surface area contributed by atoms with Crippen LogP contribution in [0.4, 0.5) is 4.39 Å². The minimum Gasteiger partial charge on any atom is -0.435 e. The van der Waals surface area contributed by atoms with Gasteiger partial charge in [0.25, 0.3) is 5.91 Å². The van der Waals surface area contributed by atoms with Crippen LogP contribution < -0.4 is 0 Å². The Morgan fingerprint density at radius 2 is 2.19 bits per heavy atom. The molecule has 166 valence electrons. The van der Waals surface area contributed by atoms with Crippen LogP contribution in [0.5, 0.6) is 0 Å². The molecule has 4 aromatic heterocycles. The molecule has 1 unspecified atom stereocenters. The maximum absolute atomic E-state index is 14.4. The van der Waals surface area contributed by atoms with Crippen molar-refractivity contribution in [1.29, 1.82) is 0 Å². The highest BCUT2D eigenvalue weighted by Crippen LogP contribution is 2.36. The molecule has 0 saturated carbocycles. The number of pyridine rings is 1. The number of nitrogens with one attached hydrogen (secondary N) is 1. The summed E-state index contributed by atoms with van der Waals surface area (Å²) in [7, 11) is 0. The maximum atomic E-state index is 14.4. The Bertz CT molecular complexity index is 1310. The SMILES string of the molecule is CC(C)c1nc(C(C)F)c(C(=O)N2CCc3[nH]cnc3[C@@H]2c2cc3c(Cl)cccn3n2)o1. The Morgan fingerprint density at radius 3 is 2.91 bits per heavy atom. The van der Waals surface area contributed by atoms with E-state index in [1.807, 2.05) is 19.9 Å². The maximum Gasteiger partial charge on any atom is 0.292 e. The minimum absolute atomic E-state index is 0.0170. The van der Waals surface area contributed by atoms with Crippen molar-refractivity contribution < 1.29 is 13.6 Å². The van der Waals surface area contributed by atoms with E-state index >= 15 is 0 Å². The van der Waals surface area contributed by atoms with Gasteiger partial charge in [-0.3, -0.25) is 4.79 Å². The van der Waals surface area contributed by atoms with Crippen LogP contribution in [0.3, 0.4) is 0 Å². The van der Waals surface area contributed by atoms with E-state index in [9.17, 15) is 9.18 Å². The summed E-state index contributed by atoms with van der Waals surface area (Å²) in [4.78, 5) is 27.2. The van der Waals surface area contributed by atoms with Crippen molar-refractivity contribution in [3.63, 3.8) is 0 Å². The van der Waals surface area contributed by atoms with Gasteiger partial charge < -0.3 is 14.3 Å². The first-order valence-electron chi connectivity index (χ1n) is 10.5. The summed E-state index contributed by atoms with van der Waals surface area (Å²) in [6, 6.07) is 4.84. The number of carbonyl (C=O) groups excluding carboxylic acids is 1. The quantitative estimate of drug-likeness (QED) is 0.483. The molecule has 0 spiro atoms. The van der Waals surface area contributed by atoms with Gasteiger partial charge in [0.05, 0.1) is 28.3 Å². The van der Waals surface area contributed by atoms with E-state index in [4.69, 9.17) is 16.0 Å². The number of hydrogen-bond acceptors (Lipinski definition) is 5. The summed E-state index contributed by atoms with van der Waals surface area (Å²) in [6.45, 7) is 5.50. The molecule has 8 nitrogen and oxygen atoms in total. The van der Waals surface area contributed by atoms with E-state index in [0.29, 0.717) is 35.3 Å². The van der Waals surface area contributed by atoms with Crippen molar-refractivity contribution in [2.24, 2.45) is 0 Å². The lowest BCUT2D eigenvalue weighted by Gasteiger charge is -2.33. The Kier molecular flexibility index (Phi) is 5.00. The number of rotatable bonds is 4. The molecular weight excluding hydrogens is 435 g/mol. The number of amides is 1. The van der Waals surface area contributed by atoms with Crippen LogP contribution in [0, 0.1) is 0 Å². The highest BCUT2D eigenvalue weighted by molar-refractivity contribution is 6.33. The normalized spacial score (nSPS) is 17.2. The number of alkyl halides is 1. The molecule has 0 fully saturated rings. The van der Waals surface area contributed by atoms with E-state index in [-0.39, 0.29) is 17.4 Å². The fraction of sp³-hybridized carbons (Fsp3) is 0.364. The highest BCUT2D eigenvalue weighted by atomic mass is 35.5. The molecule has 4 aromatic rings. The van der Waals surface area contributed by atoms with Crippen LogP contribution in [-0.2, 0) is 6.42 Å². The van der Waals surface area contributed by atoms with Gasteiger partial charge in [-0.1, -0.05) is 25.4 Å². The smallest absolute Gasteiger partial charge is 0.292 e. The third-order valence-corrected chi connectivity index (χ3v) is 5.99. The largest absolute Gasteiger partial charge is 0.435 e. The molecule has 0 saturated heterocycles. The molecule has 5 rings (SSSR count). The van der Waals surface area contributed by atoms with Gasteiger partial charge in [0.2, 0.25) is 5.76 Å². The molecule has 0 radical (unpaired) electrons. The zero-order chi connectivity index (χ0) is 22.6. The summed E-state index contributed by atoms with van der Waals surface area (Å²) < 4.78 is 21.8. The lowest BCUT2D eigenvalue weighted by atomic mass is 9.99. The van der Waals surface area contributed by atoms with Crippen molar-refractivity contribution in [2.45, 2.75) is 45.3 Å². The minimum atomic E-state index is -1.44. The van der Waals surface area contributed by atoms with Gasteiger partial charge in [-0.15, -0.1) is 0 Å². The second-order valence-corrected chi connectivity index (χ2v) is 8.62. The summed E-state index contributed by atoms with van der Waals surface area (Å²) in [5.41, 5.74) is 2.98. The van der Waals surface area contributed by atoms with E-state index in [2.05, 4.69) is 20.1 Å². The zero-order valence-corrected chi connectivity index (χ0v) is 18.6. The summed E-state index contributed by atoms with van der Waals surface area (Å²) in [5, 5.41) is 5.21. The van der Waals surface area contributed by atoms with E-state index in [1.54, 1.807) is 34.1 Å². The topological polar surface area (TPSA) is 92.3 Å². The number of imidazole rings is 1. The molecule has 0 aliphatic carbocycles. The van der Waals surface area contributed by atoms with Crippen molar-refractivity contribution in [1.82, 2.24) is 29.5 Å². The third-order valence-electron chi connectivity index (χ3n) is 5.67. The summed E-state index contributed by atoms with van der Waals surface area (Å²) in [6.07, 6.45) is 2.54. The Balaban J connectivity index is 1.63. The number of H-pyrrole nitrogens is 1. The molecule has 0 aromatic carbocycles. The molecule has 5 heterocycles. The highest BCUT2D eigenvalue weighted by Gasteiger charge is 2.39. The first kappa shape index (κ1) is 20.7. The number of nitrogens with zero attached hydrogens (tertiary/aromatic N) is 5. The van der Waals surface area contributed by atoms with E-state index < -0.39 is 18.1 Å². The average Bonchev–Trinajstić information content (AvgIpc) is 3.49. The second kappa shape index (κ2) is 7.74. The molecule has 1 amide bonds. The van der Waals surface area contributed by atoms with Gasteiger partial charge in [-0.2, -0.15) is 5.10 Å². The van der Waals surface area contributed by atoms with Crippen molar-refractivity contribution in [3.05, 3.63) is 70.2 Å². The number of carbonyl (C=O) groups is 1. The molecule has 10 heteroatoms. The van der Waals surface area contributed by atoms with Crippen molar-refractivity contribution in [2.75, 3.05) is 6.54 Å². The predicted molar refractivity (Wildman–Crippen MR) is 115 cm³/mol. The van der Waals surface area contributed by atoms with Gasteiger partial charge in [-0.05, 0) is 25.1 Å². The van der Waals surface area contributed by atoms with Crippen molar-refractivity contribution in [3.8, 4) is 0 Å². The lowest BCUT2D eigenvalue weighted by Crippen LogP contribution is -2.41. The van der Waals surface area contributed by atoms with Gasteiger partial charge in [0.15, 0.2) is 5.89 Å². The van der Waals surface area contributed by atoms with Gasteiger partial charge in [0, 0.05) is 30.8 Å². The van der Waals surface area contributed by atoms with Crippen molar-refractivity contribution >= 4 is 23.0 Å². The Labute approximate surface area is 188 Å². The number of halogens is 2. The van der Waals surface area contributed by atoms with Crippen LogP contribution in [0.2, 0.25) is 5.02 Å². The molecule has 2 atom stereocenters. The summed E-state index contributed by atoms with van der Waals surface area (Å²) >= 11 is 6.34. The molecular formula is C22H22ClFN6O2. The zero-order valence-electron chi connectivity index (χ0n) is 17.8. The van der Waals surface area contributed by atoms with Gasteiger partial charge in [-0.25, -0.2) is 18.9 Å². The van der Waals surface area contributed by atoms with Crippen LogP contribution in [0.1, 0.15) is 78.1 Å². The first-order chi connectivity index (χ1) is 15.3. The number of oxazole rings is 1. The third kappa shape index (κ3) is 3.28. The molecule has 1 aliphatic heterocycles. The molecule has 0 bridgehead atoms. The molecule has 1 aliphatic rings. The second-order valence-electron chi connectivity index (χ2n) is 8.21. The predicted octanol–water partition coefficient (Wildman–Crippen LogP) is 4.64. The van der Waals surface area contributed by atoms with Crippen LogP contribution in [0.25, 0.3) is 5.52 Å². The van der Waals surface area contributed by atoms with Crippen LogP contribution in [-0.4, -0.2) is 41.9 Å². The van der Waals surface area contributed by atoms with Crippen LogP contribution in [0.15, 0.2) is 35.1 Å². The standard InChI is InChI=1S/C22H22ClFN6O2/c1-11(2)21-27-17(12(3)24)20(32-21)22(31)29-8-6-14-18(26-10-25-14)19(29)15-9-16-13(23)5-4-7-30(16)28-15/h4-5,7,9-12,19H,6,8H2,1-3H3,(H,25,26)/t12?,19-/m0/s1. The Morgan fingerprint density at radius 1 is 1.38 bits per heavy atom. The number of aromatic nitrogens is 5. The first-order valence-corrected chi connectivity index (χ1v) is 10.8. The summed E-state index contributed by atoms with van der Waals surface area (Å²) in [5.74, 6) is -0.258. The Hall–Kier alpha value is -3.20. The van der Waals surface area contributed by atoms with Gasteiger partial charge in [0.1, 0.15) is 17.9 Å². The number of fused-ring (bicyclic) bond motifs is 2.